The molecule has 0 radical (unpaired) electrons. The second kappa shape index (κ2) is 13.5. The fraction of sp³-hybridized carbons (Fsp3) is 0.310. The number of hydrogen-bond acceptors (Lipinski definition) is 3. The summed E-state index contributed by atoms with van der Waals surface area (Å²) in [5.41, 5.74) is 2.81. The molecule has 0 saturated heterocycles. The van der Waals surface area contributed by atoms with Crippen LogP contribution in [-0.4, -0.2) is 36.4 Å². The molecule has 1 unspecified atom stereocenters. The van der Waals surface area contributed by atoms with E-state index in [4.69, 9.17) is 16.3 Å². The van der Waals surface area contributed by atoms with Crippen LogP contribution in [0.1, 0.15) is 36.5 Å². The van der Waals surface area contributed by atoms with E-state index in [2.05, 4.69) is 5.32 Å². The lowest BCUT2D eigenvalue weighted by Gasteiger charge is -2.32. The van der Waals surface area contributed by atoms with Crippen molar-refractivity contribution in [1.29, 1.82) is 0 Å². The Kier molecular flexibility index (Phi) is 10.2. The van der Waals surface area contributed by atoms with Crippen LogP contribution in [0.4, 0.5) is 0 Å². The van der Waals surface area contributed by atoms with Crippen molar-refractivity contribution in [3.8, 4) is 5.75 Å². The molecule has 3 aromatic carbocycles. The van der Waals surface area contributed by atoms with E-state index >= 15 is 0 Å². The Hall–Kier alpha value is -3.31. The first-order chi connectivity index (χ1) is 17.0. The van der Waals surface area contributed by atoms with E-state index in [0.29, 0.717) is 36.7 Å². The van der Waals surface area contributed by atoms with E-state index in [1.165, 1.54) is 0 Å². The van der Waals surface area contributed by atoms with Gasteiger partial charge in [0.15, 0.2) is 0 Å². The van der Waals surface area contributed by atoms with Gasteiger partial charge in [-0.3, -0.25) is 9.59 Å². The quantitative estimate of drug-likeness (QED) is 0.366. The Bertz CT molecular complexity index is 1100. The van der Waals surface area contributed by atoms with Crippen LogP contribution in [0.2, 0.25) is 5.02 Å². The number of ether oxygens (including phenoxy) is 1. The van der Waals surface area contributed by atoms with Crippen LogP contribution in [0.15, 0.2) is 78.9 Å². The first kappa shape index (κ1) is 26.3. The number of nitrogens with one attached hydrogen (secondary N) is 1. The van der Waals surface area contributed by atoms with Gasteiger partial charge in [-0.15, -0.1) is 0 Å². The minimum Gasteiger partial charge on any atom is -0.497 e. The SMILES string of the molecule is CCCNC(=O)C(Cc1ccccc1)N(Cc1cccc(OC)c1)C(=O)CCc1ccccc1Cl. The lowest BCUT2D eigenvalue weighted by molar-refractivity contribution is -0.141. The number of carbonyl (C=O) groups excluding carboxylic acids is 2. The van der Waals surface area contributed by atoms with Crippen molar-refractivity contribution in [3.63, 3.8) is 0 Å². The molecule has 35 heavy (non-hydrogen) atoms. The Balaban J connectivity index is 1.91. The van der Waals surface area contributed by atoms with E-state index in [9.17, 15) is 9.59 Å². The van der Waals surface area contributed by atoms with E-state index < -0.39 is 6.04 Å². The molecule has 5 nitrogen and oxygen atoms in total. The van der Waals surface area contributed by atoms with Gasteiger partial charge in [-0.05, 0) is 47.7 Å². The molecule has 0 spiro atoms. The predicted molar refractivity (Wildman–Crippen MR) is 141 cm³/mol. The van der Waals surface area contributed by atoms with Crippen molar-refractivity contribution >= 4 is 23.4 Å². The molecular formula is C29H33ClN2O3. The smallest absolute Gasteiger partial charge is 0.243 e. The van der Waals surface area contributed by atoms with Crippen molar-refractivity contribution in [2.24, 2.45) is 0 Å². The van der Waals surface area contributed by atoms with Gasteiger partial charge in [0.2, 0.25) is 11.8 Å². The van der Waals surface area contributed by atoms with Crippen molar-refractivity contribution in [2.75, 3.05) is 13.7 Å². The van der Waals surface area contributed by atoms with E-state index in [-0.39, 0.29) is 18.2 Å². The summed E-state index contributed by atoms with van der Waals surface area (Å²) in [4.78, 5) is 28.7. The topological polar surface area (TPSA) is 58.6 Å². The standard InChI is InChI=1S/C29H33ClN2O3/c1-3-18-31-29(34)27(20-22-10-5-4-6-11-22)32(21-23-12-9-14-25(19-23)35-2)28(33)17-16-24-13-7-8-15-26(24)30/h4-15,19,27H,3,16-18,20-21H2,1-2H3,(H,31,34). The summed E-state index contributed by atoms with van der Waals surface area (Å²) in [6.07, 6.45) is 2.00. The van der Waals surface area contributed by atoms with Gasteiger partial charge in [-0.25, -0.2) is 0 Å². The van der Waals surface area contributed by atoms with Gasteiger partial charge in [0.1, 0.15) is 11.8 Å². The summed E-state index contributed by atoms with van der Waals surface area (Å²) in [7, 11) is 1.61. The summed E-state index contributed by atoms with van der Waals surface area (Å²) in [5, 5.41) is 3.64. The summed E-state index contributed by atoms with van der Waals surface area (Å²) in [6.45, 7) is 2.87. The van der Waals surface area contributed by atoms with Crippen molar-refractivity contribution < 1.29 is 14.3 Å². The van der Waals surface area contributed by atoms with E-state index in [1.807, 2.05) is 85.8 Å². The number of carbonyl (C=O) groups is 2. The molecule has 0 aliphatic carbocycles. The fourth-order valence-corrected chi connectivity index (χ4v) is 4.20. The summed E-state index contributed by atoms with van der Waals surface area (Å²) < 4.78 is 5.37. The largest absolute Gasteiger partial charge is 0.497 e. The maximum atomic E-state index is 13.7. The molecule has 0 aliphatic rings. The van der Waals surface area contributed by atoms with Crippen LogP contribution in [0.5, 0.6) is 5.75 Å². The van der Waals surface area contributed by atoms with Crippen LogP contribution in [-0.2, 0) is 29.0 Å². The number of aryl methyl sites for hydroxylation is 1. The molecule has 184 valence electrons. The minimum absolute atomic E-state index is 0.0969. The van der Waals surface area contributed by atoms with Gasteiger partial charge in [-0.2, -0.15) is 0 Å². The molecule has 0 aromatic heterocycles. The van der Waals surface area contributed by atoms with Crippen LogP contribution in [0, 0.1) is 0 Å². The third-order valence-electron chi connectivity index (χ3n) is 5.87. The average molecular weight is 493 g/mol. The average Bonchev–Trinajstić information content (AvgIpc) is 2.89. The molecule has 3 rings (SSSR count). The van der Waals surface area contributed by atoms with Gasteiger partial charge >= 0.3 is 0 Å². The number of nitrogens with zero attached hydrogens (tertiary/aromatic N) is 1. The number of benzene rings is 3. The normalized spacial score (nSPS) is 11.5. The Morgan fingerprint density at radius 1 is 0.971 bits per heavy atom. The lowest BCUT2D eigenvalue weighted by atomic mass is 10.0. The van der Waals surface area contributed by atoms with Crippen LogP contribution in [0.3, 0.4) is 0 Å². The number of rotatable bonds is 12. The first-order valence-electron chi connectivity index (χ1n) is 12.0. The first-order valence-corrected chi connectivity index (χ1v) is 12.4. The predicted octanol–water partition coefficient (Wildman–Crippen LogP) is 5.45. The molecule has 1 N–H and O–H groups in total. The van der Waals surface area contributed by atoms with Crippen LogP contribution < -0.4 is 10.1 Å². The zero-order valence-corrected chi connectivity index (χ0v) is 21.1. The molecule has 6 heteroatoms. The van der Waals surface area contributed by atoms with E-state index in [0.717, 1.165) is 23.1 Å². The maximum Gasteiger partial charge on any atom is 0.243 e. The molecule has 3 aromatic rings. The molecule has 0 heterocycles. The molecule has 0 aliphatic heterocycles. The highest BCUT2D eigenvalue weighted by molar-refractivity contribution is 6.31. The van der Waals surface area contributed by atoms with E-state index in [1.54, 1.807) is 12.0 Å². The molecule has 2 amide bonds. The van der Waals surface area contributed by atoms with Gasteiger partial charge < -0.3 is 15.0 Å². The number of hydrogen-bond donors (Lipinski definition) is 1. The Morgan fingerprint density at radius 2 is 1.69 bits per heavy atom. The Labute approximate surface area is 213 Å². The molecule has 1 atom stereocenters. The summed E-state index contributed by atoms with van der Waals surface area (Å²) >= 11 is 6.33. The van der Waals surface area contributed by atoms with Crippen molar-refractivity contribution in [3.05, 3.63) is 101 Å². The third-order valence-corrected chi connectivity index (χ3v) is 6.24. The van der Waals surface area contributed by atoms with Crippen LogP contribution in [0.25, 0.3) is 0 Å². The summed E-state index contributed by atoms with van der Waals surface area (Å²) in [5.74, 6) is 0.464. The lowest BCUT2D eigenvalue weighted by Crippen LogP contribution is -2.50. The van der Waals surface area contributed by atoms with Gasteiger partial charge in [0.25, 0.3) is 0 Å². The highest BCUT2D eigenvalue weighted by atomic mass is 35.5. The zero-order chi connectivity index (χ0) is 25.0. The highest BCUT2D eigenvalue weighted by Crippen LogP contribution is 2.21. The van der Waals surface area contributed by atoms with Crippen molar-refractivity contribution in [2.45, 2.75) is 45.2 Å². The monoisotopic (exact) mass is 492 g/mol. The Morgan fingerprint density at radius 3 is 2.40 bits per heavy atom. The van der Waals surface area contributed by atoms with Crippen molar-refractivity contribution in [1.82, 2.24) is 10.2 Å². The van der Waals surface area contributed by atoms with Gasteiger partial charge in [0, 0.05) is 31.0 Å². The minimum atomic E-state index is -0.645. The summed E-state index contributed by atoms with van der Waals surface area (Å²) in [6, 6.07) is 24.3. The van der Waals surface area contributed by atoms with Crippen LogP contribution >= 0.6 is 11.6 Å². The second-order valence-corrected chi connectivity index (χ2v) is 8.87. The number of amides is 2. The maximum absolute atomic E-state index is 13.7. The molecule has 0 bridgehead atoms. The van der Waals surface area contributed by atoms with Gasteiger partial charge in [0.05, 0.1) is 7.11 Å². The molecule has 0 saturated carbocycles. The highest BCUT2D eigenvalue weighted by Gasteiger charge is 2.30. The van der Waals surface area contributed by atoms with Gasteiger partial charge in [-0.1, -0.05) is 79.2 Å². The number of methoxy groups -OCH3 is 1. The number of halogens is 1. The molecular weight excluding hydrogens is 460 g/mol. The second-order valence-electron chi connectivity index (χ2n) is 8.46. The fourth-order valence-electron chi connectivity index (χ4n) is 3.97. The zero-order valence-electron chi connectivity index (χ0n) is 20.4. The third kappa shape index (κ3) is 7.86. The molecule has 0 fully saturated rings.